The molecule has 1 amide bonds. The number of benzene rings is 1. The van der Waals surface area contributed by atoms with Crippen molar-refractivity contribution in [1.82, 2.24) is 4.90 Å². The Morgan fingerprint density at radius 1 is 1.39 bits per heavy atom. The molecule has 1 fully saturated rings. The summed E-state index contributed by atoms with van der Waals surface area (Å²) in [6, 6.07) is 10.5. The van der Waals surface area contributed by atoms with Gasteiger partial charge in [-0.2, -0.15) is 0 Å². The Hall–Kier alpha value is -1.35. The highest BCUT2D eigenvalue weighted by Crippen LogP contribution is 2.35. The molecule has 0 bridgehead atoms. The van der Waals surface area contributed by atoms with Crippen LogP contribution in [0.15, 0.2) is 30.3 Å². The Bertz CT molecular complexity index is 387. The van der Waals surface area contributed by atoms with E-state index in [1.807, 2.05) is 23.1 Å². The van der Waals surface area contributed by atoms with Gasteiger partial charge in [-0.3, -0.25) is 4.79 Å². The van der Waals surface area contributed by atoms with Gasteiger partial charge in [-0.05, 0) is 31.2 Å². The van der Waals surface area contributed by atoms with Crippen molar-refractivity contribution in [2.45, 2.75) is 38.8 Å². The number of rotatable bonds is 6. The lowest BCUT2D eigenvalue weighted by atomic mass is 10.1. The normalized spacial score (nSPS) is 16.3. The van der Waals surface area contributed by atoms with E-state index in [0.29, 0.717) is 31.5 Å². The summed E-state index contributed by atoms with van der Waals surface area (Å²) in [6.07, 6.45) is 2.95. The van der Waals surface area contributed by atoms with Gasteiger partial charge in [0.2, 0.25) is 5.91 Å². The summed E-state index contributed by atoms with van der Waals surface area (Å²) in [4.78, 5) is 14.2. The molecule has 18 heavy (non-hydrogen) atoms. The Balaban J connectivity index is 2.06. The van der Waals surface area contributed by atoms with E-state index in [-0.39, 0.29) is 5.91 Å². The number of hydrogen-bond donors (Lipinski definition) is 1. The zero-order valence-electron chi connectivity index (χ0n) is 11.0. The van der Waals surface area contributed by atoms with Gasteiger partial charge in [0.15, 0.2) is 0 Å². The molecule has 0 aliphatic heterocycles. The van der Waals surface area contributed by atoms with E-state index < -0.39 is 0 Å². The van der Waals surface area contributed by atoms with Crippen LogP contribution in [0.3, 0.4) is 0 Å². The van der Waals surface area contributed by atoms with Crippen LogP contribution in [-0.2, 0) is 11.3 Å². The van der Waals surface area contributed by atoms with Crippen molar-refractivity contribution in [3.8, 4) is 0 Å². The Morgan fingerprint density at radius 3 is 2.61 bits per heavy atom. The highest BCUT2D eigenvalue weighted by Gasteiger charge is 2.33. The predicted octanol–water partition coefficient (Wildman–Crippen LogP) is 2.16. The van der Waals surface area contributed by atoms with Crippen LogP contribution in [0.2, 0.25) is 0 Å². The van der Waals surface area contributed by atoms with Gasteiger partial charge in [0.1, 0.15) is 0 Å². The number of carbonyl (C=O) groups excluding carboxylic acids is 1. The average Bonchev–Trinajstić information content (AvgIpc) is 3.21. The molecule has 98 valence electrons. The van der Waals surface area contributed by atoms with E-state index in [4.69, 9.17) is 5.73 Å². The van der Waals surface area contributed by atoms with Gasteiger partial charge in [-0.15, -0.1) is 0 Å². The quantitative estimate of drug-likeness (QED) is 0.836. The minimum atomic E-state index is 0.181. The van der Waals surface area contributed by atoms with Gasteiger partial charge < -0.3 is 10.6 Å². The van der Waals surface area contributed by atoms with E-state index in [9.17, 15) is 4.79 Å². The Morgan fingerprint density at radius 2 is 2.06 bits per heavy atom. The first kappa shape index (κ1) is 13.1. The lowest BCUT2D eigenvalue weighted by molar-refractivity contribution is -0.134. The third-order valence-corrected chi connectivity index (χ3v) is 3.67. The maximum atomic E-state index is 12.2. The number of nitrogens with zero attached hydrogens (tertiary/aromatic N) is 1. The lowest BCUT2D eigenvalue weighted by Gasteiger charge is -2.29. The highest BCUT2D eigenvalue weighted by molar-refractivity contribution is 5.76. The fourth-order valence-electron chi connectivity index (χ4n) is 2.34. The molecule has 0 saturated heterocycles. The van der Waals surface area contributed by atoms with E-state index >= 15 is 0 Å². The third kappa shape index (κ3) is 3.33. The molecule has 0 radical (unpaired) electrons. The van der Waals surface area contributed by atoms with Gasteiger partial charge in [0.05, 0.1) is 0 Å². The van der Waals surface area contributed by atoms with Gasteiger partial charge in [0, 0.05) is 25.6 Å². The molecular formula is C15H22N2O. The summed E-state index contributed by atoms with van der Waals surface area (Å²) >= 11 is 0. The van der Waals surface area contributed by atoms with Crippen LogP contribution in [-0.4, -0.2) is 23.4 Å². The first-order valence-electron chi connectivity index (χ1n) is 6.76. The van der Waals surface area contributed by atoms with E-state index in [1.54, 1.807) is 0 Å². The molecule has 0 aromatic heterocycles. The fourth-order valence-corrected chi connectivity index (χ4v) is 2.34. The van der Waals surface area contributed by atoms with Crippen molar-refractivity contribution in [3.63, 3.8) is 0 Å². The zero-order valence-corrected chi connectivity index (χ0v) is 11.0. The van der Waals surface area contributed by atoms with Gasteiger partial charge in [-0.1, -0.05) is 30.3 Å². The molecule has 1 aromatic carbocycles. The second kappa shape index (κ2) is 6.01. The first-order valence-corrected chi connectivity index (χ1v) is 6.76. The summed E-state index contributed by atoms with van der Waals surface area (Å²) in [5, 5.41) is 0. The second-order valence-electron chi connectivity index (χ2n) is 5.12. The summed E-state index contributed by atoms with van der Waals surface area (Å²) in [7, 11) is 0. The molecule has 1 atom stereocenters. The molecule has 2 rings (SSSR count). The van der Waals surface area contributed by atoms with Crippen LogP contribution in [0.25, 0.3) is 0 Å². The van der Waals surface area contributed by atoms with Crippen LogP contribution >= 0.6 is 0 Å². The molecule has 1 aliphatic carbocycles. The molecule has 1 unspecified atom stereocenters. The second-order valence-corrected chi connectivity index (χ2v) is 5.12. The monoisotopic (exact) mass is 246 g/mol. The van der Waals surface area contributed by atoms with Crippen LogP contribution < -0.4 is 5.73 Å². The van der Waals surface area contributed by atoms with E-state index in [0.717, 1.165) is 0 Å². The fraction of sp³-hybridized carbons (Fsp3) is 0.533. The highest BCUT2D eigenvalue weighted by atomic mass is 16.2. The van der Waals surface area contributed by atoms with Gasteiger partial charge in [-0.25, -0.2) is 0 Å². The zero-order chi connectivity index (χ0) is 13.0. The van der Waals surface area contributed by atoms with Crippen LogP contribution in [0, 0.1) is 5.92 Å². The van der Waals surface area contributed by atoms with E-state index in [1.165, 1.54) is 18.4 Å². The maximum absolute atomic E-state index is 12.2. The number of amides is 1. The van der Waals surface area contributed by atoms with Gasteiger partial charge >= 0.3 is 0 Å². The average molecular weight is 246 g/mol. The molecule has 3 heteroatoms. The largest absolute Gasteiger partial charge is 0.335 e. The molecule has 1 saturated carbocycles. The Kier molecular flexibility index (Phi) is 4.37. The number of nitrogens with two attached hydrogens (primary N) is 1. The van der Waals surface area contributed by atoms with Crippen LogP contribution in [0.5, 0.6) is 0 Å². The molecular weight excluding hydrogens is 224 g/mol. The number of hydrogen-bond acceptors (Lipinski definition) is 2. The maximum Gasteiger partial charge on any atom is 0.224 e. The third-order valence-electron chi connectivity index (χ3n) is 3.67. The molecule has 0 heterocycles. The standard InChI is InChI=1S/C15H22N2O/c1-12(14-7-8-14)17(15(18)9-10-16)11-13-5-3-2-4-6-13/h2-6,12,14H,7-11,16H2,1H3. The van der Waals surface area contributed by atoms with Crippen molar-refractivity contribution in [2.24, 2.45) is 11.7 Å². The lowest BCUT2D eigenvalue weighted by Crippen LogP contribution is -2.40. The summed E-state index contributed by atoms with van der Waals surface area (Å²) in [5.41, 5.74) is 6.70. The van der Waals surface area contributed by atoms with Crippen molar-refractivity contribution < 1.29 is 4.79 Å². The minimum Gasteiger partial charge on any atom is -0.335 e. The molecule has 3 nitrogen and oxygen atoms in total. The van der Waals surface area contributed by atoms with Crippen molar-refractivity contribution in [2.75, 3.05) is 6.54 Å². The smallest absolute Gasteiger partial charge is 0.224 e. The van der Waals surface area contributed by atoms with Crippen molar-refractivity contribution >= 4 is 5.91 Å². The molecule has 0 spiro atoms. The van der Waals surface area contributed by atoms with Crippen molar-refractivity contribution in [1.29, 1.82) is 0 Å². The molecule has 1 aliphatic rings. The first-order chi connectivity index (χ1) is 8.72. The Labute approximate surface area is 109 Å². The molecule has 1 aromatic rings. The molecule has 2 N–H and O–H groups in total. The van der Waals surface area contributed by atoms with Crippen molar-refractivity contribution in [3.05, 3.63) is 35.9 Å². The topological polar surface area (TPSA) is 46.3 Å². The number of carbonyl (C=O) groups is 1. The van der Waals surface area contributed by atoms with Crippen LogP contribution in [0.4, 0.5) is 0 Å². The summed E-state index contributed by atoms with van der Waals surface area (Å²) < 4.78 is 0. The van der Waals surface area contributed by atoms with Gasteiger partial charge in [0.25, 0.3) is 0 Å². The minimum absolute atomic E-state index is 0.181. The van der Waals surface area contributed by atoms with Crippen LogP contribution in [0.1, 0.15) is 31.7 Å². The SMILES string of the molecule is CC(C1CC1)N(Cc1ccccc1)C(=O)CCN. The summed E-state index contributed by atoms with van der Waals surface area (Å²) in [5.74, 6) is 0.871. The predicted molar refractivity (Wildman–Crippen MR) is 72.8 cm³/mol. The summed E-state index contributed by atoms with van der Waals surface area (Å²) in [6.45, 7) is 3.30. The van der Waals surface area contributed by atoms with E-state index in [2.05, 4.69) is 19.1 Å².